The monoisotopic (exact) mass is 263 g/mol. The van der Waals surface area contributed by atoms with Crippen LogP contribution in [-0.4, -0.2) is 36.0 Å². The Bertz CT molecular complexity index is 430. The molecule has 5 heteroatoms. The molecule has 1 atom stereocenters. The first-order valence-corrected chi connectivity index (χ1v) is 6.87. The van der Waals surface area contributed by atoms with E-state index in [9.17, 15) is 10.1 Å². The highest BCUT2D eigenvalue weighted by Gasteiger charge is 2.13. The van der Waals surface area contributed by atoms with E-state index in [1.165, 1.54) is 32.0 Å². The first-order chi connectivity index (χ1) is 9.16. The second-order valence-corrected chi connectivity index (χ2v) is 5.08. The van der Waals surface area contributed by atoms with E-state index < -0.39 is 0 Å². The van der Waals surface area contributed by atoms with E-state index in [1.807, 2.05) is 13.0 Å². The molecule has 0 amide bonds. The highest BCUT2D eigenvalue weighted by molar-refractivity contribution is 5.35. The highest BCUT2D eigenvalue weighted by atomic mass is 16.6. The van der Waals surface area contributed by atoms with Crippen LogP contribution in [0.4, 0.5) is 5.69 Å². The van der Waals surface area contributed by atoms with Gasteiger partial charge in [0, 0.05) is 31.3 Å². The smallest absolute Gasteiger partial charge is 0.269 e. The standard InChI is InChI=1S/C14H21N3O2/c1-12(15-7-10-16-8-2-3-9-16)13-5-4-6-14(11-13)17(18)19/h4-6,11-12,15H,2-3,7-10H2,1H3. The molecule has 1 aromatic carbocycles. The van der Waals surface area contributed by atoms with Crippen LogP contribution in [0.15, 0.2) is 24.3 Å². The summed E-state index contributed by atoms with van der Waals surface area (Å²) in [7, 11) is 0. The van der Waals surface area contributed by atoms with E-state index in [4.69, 9.17) is 0 Å². The Morgan fingerprint density at radius 3 is 2.84 bits per heavy atom. The van der Waals surface area contributed by atoms with Gasteiger partial charge in [0.15, 0.2) is 0 Å². The normalized spacial score (nSPS) is 17.5. The van der Waals surface area contributed by atoms with Gasteiger partial charge >= 0.3 is 0 Å². The van der Waals surface area contributed by atoms with Crippen LogP contribution in [0.2, 0.25) is 0 Å². The van der Waals surface area contributed by atoms with Gasteiger partial charge in [-0.1, -0.05) is 12.1 Å². The Labute approximate surface area is 113 Å². The van der Waals surface area contributed by atoms with Gasteiger partial charge in [-0.05, 0) is 38.4 Å². The third-order valence-corrected chi connectivity index (χ3v) is 3.66. The molecule has 0 saturated carbocycles. The molecule has 1 N–H and O–H groups in total. The Balaban J connectivity index is 1.83. The van der Waals surface area contributed by atoms with Crippen LogP contribution in [-0.2, 0) is 0 Å². The highest BCUT2D eigenvalue weighted by Crippen LogP contribution is 2.18. The van der Waals surface area contributed by atoms with E-state index in [2.05, 4.69) is 10.2 Å². The van der Waals surface area contributed by atoms with Crippen molar-refractivity contribution in [2.24, 2.45) is 0 Å². The topological polar surface area (TPSA) is 58.4 Å². The van der Waals surface area contributed by atoms with Gasteiger partial charge in [-0.2, -0.15) is 0 Å². The zero-order valence-electron chi connectivity index (χ0n) is 11.3. The van der Waals surface area contributed by atoms with Gasteiger partial charge in [-0.15, -0.1) is 0 Å². The molecule has 104 valence electrons. The van der Waals surface area contributed by atoms with Crippen LogP contribution in [0.1, 0.15) is 31.4 Å². The molecule has 0 aromatic heterocycles. The maximum Gasteiger partial charge on any atom is 0.269 e. The Hall–Kier alpha value is -1.46. The molecule has 1 saturated heterocycles. The molecule has 0 aliphatic carbocycles. The summed E-state index contributed by atoms with van der Waals surface area (Å²) in [6, 6.07) is 6.99. The van der Waals surface area contributed by atoms with Crippen molar-refractivity contribution in [3.05, 3.63) is 39.9 Å². The number of nitro benzene ring substituents is 1. The summed E-state index contributed by atoms with van der Waals surface area (Å²) in [5, 5.41) is 14.2. The SMILES string of the molecule is CC(NCCN1CCCC1)c1cccc([N+](=O)[O-])c1. The van der Waals surface area contributed by atoms with Crippen molar-refractivity contribution in [2.75, 3.05) is 26.2 Å². The molecule has 0 bridgehead atoms. The van der Waals surface area contributed by atoms with Gasteiger partial charge in [-0.25, -0.2) is 0 Å². The number of nitrogens with one attached hydrogen (secondary N) is 1. The summed E-state index contributed by atoms with van der Waals surface area (Å²) in [4.78, 5) is 12.8. The molecule has 19 heavy (non-hydrogen) atoms. The Kier molecular flexibility index (Phi) is 4.87. The van der Waals surface area contributed by atoms with Crippen molar-refractivity contribution in [2.45, 2.75) is 25.8 Å². The molecule has 1 fully saturated rings. The zero-order valence-corrected chi connectivity index (χ0v) is 11.3. The number of non-ortho nitro benzene ring substituents is 1. The Morgan fingerprint density at radius 1 is 1.42 bits per heavy atom. The summed E-state index contributed by atoms with van der Waals surface area (Å²) < 4.78 is 0. The van der Waals surface area contributed by atoms with Crippen LogP contribution in [0.3, 0.4) is 0 Å². The van der Waals surface area contributed by atoms with Crippen molar-refractivity contribution in [1.29, 1.82) is 0 Å². The zero-order chi connectivity index (χ0) is 13.7. The summed E-state index contributed by atoms with van der Waals surface area (Å²) in [5.74, 6) is 0. The molecule has 0 spiro atoms. The van der Waals surface area contributed by atoms with E-state index in [-0.39, 0.29) is 16.7 Å². The summed E-state index contributed by atoms with van der Waals surface area (Å²) >= 11 is 0. The van der Waals surface area contributed by atoms with Gasteiger partial charge in [0.05, 0.1) is 4.92 Å². The summed E-state index contributed by atoms with van der Waals surface area (Å²) in [6.07, 6.45) is 2.61. The predicted octanol–water partition coefficient (Wildman–Crippen LogP) is 2.34. The van der Waals surface area contributed by atoms with Crippen LogP contribution in [0.25, 0.3) is 0 Å². The summed E-state index contributed by atoms with van der Waals surface area (Å²) in [5.41, 5.74) is 1.13. The van der Waals surface area contributed by atoms with Crippen LogP contribution >= 0.6 is 0 Å². The number of nitro groups is 1. The lowest BCUT2D eigenvalue weighted by Gasteiger charge is -2.18. The number of likely N-dealkylation sites (tertiary alicyclic amines) is 1. The summed E-state index contributed by atoms with van der Waals surface area (Å²) in [6.45, 7) is 6.42. The predicted molar refractivity (Wildman–Crippen MR) is 75.2 cm³/mol. The van der Waals surface area contributed by atoms with Crippen LogP contribution in [0.5, 0.6) is 0 Å². The van der Waals surface area contributed by atoms with Gasteiger partial charge < -0.3 is 10.2 Å². The molecular formula is C14H21N3O2. The number of hydrogen-bond donors (Lipinski definition) is 1. The average Bonchev–Trinajstić information content (AvgIpc) is 2.92. The van der Waals surface area contributed by atoms with Crippen molar-refractivity contribution in [3.8, 4) is 0 Å². The third kappa shape index (κ3) is 4.01. The molecular weight excluding hydrogens is 242 g/mol. The quantitative estimate of drug-likeness (QED) is 0.632. The van der Waals surface area contributed by atoms with Gasteiger partial charge in [0.2, 0.25) is 0 Å². The number of benzene rings is 1. The minimum Gasteiger partial charge on any atom is -0.309 e. The maximum absolute atomic E-state index is 10.7. The minimum atomic E-state index is -0.347. The second kappa shape index (κ2) is 6.63. The lowest BCUT2D eigenvalue weighted by atomic mass is 10.1. The number of rotatable bonds is 6. The van der Waals surface area contributed by atoms with Crippen molar-refractivity contribution in [1.82, 2.24) is 10.2 Å². The van der Waals surface area contributed by atoms with Crippen molar-refractivity contribution < 1.29 is 4.92 Å². The van der Waals surface area contributed by atoms with Crippen LogP contribution in [0, 0.1) is 10.1 Å². The molecule has 2 rings (SSSR count). The fourth-order valence-electron chi connectivity index (χ4n) is 2.47. The molecule has 1 aliphatic heterocycles. The average molecular weight is 263 g/mol. The molecule has 1 unspecified atom stereocenters. The number of nitrogens with zero attached hydrogens (tertiary/aromatic N) is 2. The third-order valence-electron chi connectivity index (χ3n) is 3.66. The molecule has 5 nitrogen and oxygen atoms in total. The molecule has 1 heterocycles. The Morgan fingerprint density at radius 2 is 2.16 bits per heavy atom. The van der Waals surface area contributed by atoms with Crippen molar-refractivity contribution in [3.63, 3.8) is 0 Å². The van der Waals surface area contributed by atoms with Gasteiger partial charge in [0.1, 0.15) is 0 Å². The van der Waals surface area contributed by atoms with E-state index in [1.54, 1.807) is 12.1 Å². The maximum atomic E-state index is 10.7. The van der Waals surface area contributed by atoms with E-state index in [0.29, 0.717) is 0 Å². The minimum absolute atomic E-state index is 0.141. The fourth-order valence-corrected chi connectivity index (χ4v) is 2.47. The lowest BCUT2D eigenvalue weighted by Crippen LogP contribution is -2.31. The molecule has 1 aliphatic rings. The van der Waals surface area contributed by atoms with E-state index in [0.717, 1.165) is 18.7 Å². The van der Waals surface area contributed by atoms with E-state index >= 15 is 0 Å². The van der Waals surface area contributed by atoms with Gasteiger partial charge in [0.25, 0.3) is 5.69 Å². The fraction of sp³-hybridized carbons (Fsp3) is 0.571. The second-order valence-electron chi connectivity index (χ2n) is 5.08. The molecule has 1 aromatic rings. The lowest BCUT2D eigenvalue weighted by molar-refractivity contribution is -0.384. The van der Waals surface area contributed by atoms with Crippen LogP contribution < -0.4 is 5.32 Å². The largest absolute Gasteiger partial charge is 0.309 e. The molecule has 0 radical (unpaired) electrons. The first-order valence-electron chi connectivity index (χ1n) is 6.87. The van der Waals surface area contributed by atoms with Gasteiger partial charge in [-0.3, -0.25) is 10.1 Å². The number of hydrogen-bond acceptors (Lipinski definition) is 4. The first kappa shape index (κ1) is 14.0. The van der Waals surface area contributed by atoms with Crippen molar-refractivity contribution >= 4 is 5.69 Å².